The van der Waals surface area contributed by atoms with Gasteiger partial charge in [-0.15, -0.1) is 24.8 Å². The Bertz CT molecular complexity index is 850. The lowest BCUT2D eigenvalue weighted by atomic mass is 9.95. The Kier molecular flexibility index (Phi) is 10.4. The molecular weight excluding hydrogens is 447 g/mol. The van der Waals surface area contributed by atoms with Crippen LogP contribution in [0.25, 0.3) is 0 Å². The van der Waals surface area contributed by atoms with E-state index in [1.54, 1.807) is 6.20 Å². The van der Waals surface area contributed by atoms with Gasteiger partial charge >= 0.3 is 0 Å². The third-order valence-electron chi connectivity index (χ3n) is 6.21. The third-order valence-corrected chi connectivity index (χ3v) is 6.21. The van der Waals surface area contributed by atoms with E-state index >= 15 is 0 Å². The first-order valence-electron chi connectivity index (χ1n) is 11.0. The molecule has 1 aromatic heterocycles. The van der Waals surface area contributed by atoms with Gasteiger partial charge in [-0.3, -0.25) is 14.6 Å². The smallest absolute Gasteiger partial charge is 0.253 e. The first-order valence-corrected chi connectivity index (χ1v) is 11.0. The highest BCUT2D eigenvalue weighted by molar-refractivity contribution is 5.94. The van der Waals surface area contributed by atoms with Crippen LogP contribution < -0.4 is 10.6 Å². The maximum atomic E-state index is 12.8. The van der Waals surface area contributed by atoms with Crippen LogP contribution in [-0.2, 0) is 17.8 Å². The summed E-state index contributed by atoms with van der Waals surface area (Å²) in [6, 6.07) is 13.7. The lowest BCUT2D eigenvalue weighted by Crippen LogP contribution is -2.43. The van der Waals surface area contributed by atoms with Gasteiger partial charge in [-0.1, -0.05) is 18.2 Å². The number of halogens is 2. The summed E-state index contributed by atoms with van der Waals surface area (Å²) in [4.78, 5) is 31.4. The molecule has 0 saturated carbocycles. The zero-order valence-corrected chi connectivity index (χ0v) is 19.8. The zero-order valence-electron chi connectivity index (χ0n) is 18.2. The number of hydrogen-bond donors (Lipinski definition) is 2. The van der Waals surface area contributed by atoms with Gasteiger partial charge in [-0.05, 0) is 74.5 Å². The van der Waals surface area contributed by atoms with Gasteiger partial charge in [0.2, 0.25) is 5.91 Å². The van der Waals surface area contributed by atoms with Crippen molar-refractivity contribution in [3.8, 4) is 0 Å². The average molecular weight is 479 g/mol. The Balaban J connectivity index is 0.00000181. The van der Waals surface area contributed by atoms with E-state index in [4.69, 9.17) is 0 Å². The number of rotatable bonds is 6. The van der Waals surface area contributed by atoms with Crippen LogP contribution in [0.2, 0.25) is 0 Å². The normalized spacial score (nSPS) is 18.4. The van der Waals surface area contributed by atoms with Gasteiger partial charge < -0.3 is 15.5 Å². The van der Waals surface area contributed by atoms with E-state index in [-0.39, 0.29) is 42.5 Å². The lowest BCUT2D eigenvalue weighted by Gasteiger charge is -2.31. The molecule has 0 bridgehead atoms. The molecular formula is C24H32Cl2N4O2. The second-order valence-corrected chi connectivity index (χ2v) is 8.37. The lowest BCUT2D eigenvalue weighted by molar-refractivity contribution is -0.126. The van der Waals surface area contributed by atoms with Gasteiger partial charge in [0.05, 0.1) is 12.2 Å². The number of hydrogen-bond acceptors (Lipinski definition) is 4. The van der Waals surface area contributed by atoms with E-state index in [1.807, 2.05) is 35.2 Å². The number of aromatic nitrogens is 1. The van der Waals surface area contributed by atoms with Crippen molar-refractivity contribution in [2.45, 2.75) is 32.2 Å². The van der Waals surface area contributed by atoms with Gasteiger partial charge in [0.1, 0.15) is 0 Å². The fourth-order valence-corrected chi connectivity index (χ4v) is 4.36. The molecule has 8 heteroatoms. The minimum atomic E-state index is -0.0415. The molecule has 1 unspecified atom stereocenters. The Labute approximate surface area is 202 Å². The number of piperidine rings is 1. The molecule has 2 N–H and O–H groups in total. The fourth-order valence-electron chi connectivity index (χ4n) is 4.36. The minimum Gasteiger partial charge on any atom is -0.350 e. The predicted octanol–water partition coefficient (Wildman–Crippen LogP) is 3.25. The van der Waals surface area contributed by atoms with E-state index in [1.165, 1.54) is 12.0 Å². The molecule has 3 heterocycles. The highest BCUT2D eigenvalue weighted by Crippen LogP contribution is 2.21. The molecule has 2 fully saturated rings. The second kappa shape index (κ2) is 12.8. The molecule has 2 saturated heterocycles. The number of amides is 2. The topological polar surface area (TPSA) is 74.3 Å². The van der Waals surface area contributed by atoms with Gasteiger partial charge in [-0.2, -0.15) is 0 Å². The number of carbonyl (C=O) groups is 2. The van der Waals surface area contributed by atoms with E-state index in [9.17, 15) is 9.59 Å². The van der Waals surface area contributed by atoms with Crippen LogP contribution in [0.15, 0.2) is 48.7 Å². The standard InChI is InChI=1S/C24H30N4O2.2ClH/c29-23(27-17-22-3-1-2-11-26-22)20-9-13-28(14-10-20)24(30)21-6-4-18(5-7-21)15-19-8-12-25-16-19;;/h1-7,11,19-20,25H,8-10,12-17H2,(H,27,29);2*1H. The van der Waals surface area contributed by atoms with Crippen LogP contribution in [0.4, 0.5) is 0 Å². The first-order chi connectivity index (χ1) is 14.7. The zero-order chi connectivity index (χ0) is 20.8. The fraction of sp³-hybridized carbons (Fsp3) is 0.458. The molecule has 174 valence electrons. The molecule has 2 amide bonds. The number of benzene rings is 1. The average Bonchev–Trinajstić information content (AvgIpc) is 3.31. The molecule has 6 nitrogen and oxygen atoms in total. The van der Waals surface area contributed by atoms with E-state index < -0.39 is 0 Å². The minimum absolute atomic E-state index is 0. The number of carbonyl (C=O) groups excluding carboxylic acids is 2. The Morgan fingerprint density at radius 1 is 1.03 bits per heavy atom. The summed E-state index contributed by atoms with van der Waals surface area (Å²) in [6.45, 7) is 3.89. The van der Waals surface area contributed by atoms with E-state index in [0.717, 1.165) is 30.8 Å². The quantitative estimate of drug-likeness (QED) is 0.667. The Hall–Kier alpha value is -2.15. The Morgan fingerprint density at radius 3 is 2.41 bits per heavy atom. The van der Waals surface area contributed by atoms with Crippen molar-refractivity contribution in [1.29, 1.82) is 0 Å². The van der Waals surface area contributed by atoms with Crippen molar-refractivity contribution in [2.75, 3.05) is 26.2 Å². The van der Waals surface area contributed by atoms with Crippen molar-refractivity contribution in [3.63, 3.8) is 0 Å². The van der Waals surface area contributed by atoms with Crippen LogP contribution >= 0.6 is 24.8 Å². The van der Waals surface area contributed by atoms with Gasteiger partial charge in [0.15, 0.2) is 0 Å². The molecule has 2 aliphatic rings. The van der Waals surface area contributed by atoms with Crippen molar-refractivity contribution in [3.05, 3.63) is 65.5 Å². The molecule has 2 aromatic rings. The van der Waals surface area contributed by atoms with Crippen molar-refractivity contribution in [2.24, 2.45) is 11.8 Å². The summed E-state index contributed by atoms with van der Waals surface area (Å²) < 4.78 is 0. The number of pyridine rings is 1. The van der Waals surface area contributed by atoms with Crippen molar-refractivity contribution < 1.29 is 9.59 Å². The molecule has 32 heavy (non-hydrogen) atoms. The maximum absolute atomic E-state index is 12.8. The molecule has 4 rings (SSSR count). The monoisotopic (exact) mass is 478 g/mol. The van der Waals surface area contributed by atoms with Crippen LogP contribution in [0.1, 0.15) is 40.9 Å². The van der Waals surface area contributed by atoms with Crippen LogP contribution in [0, 0.1) is 11.8 Å². The van der Waals surface area contributed by atoms with E-state index in [0.29, 0.717) is 38.4 Å². The predicted molar refractivity (Wildman–Crippen MR) is 130 cm³/mol. The molecule has 0 aliphatic carbocycles. The molecule has 0 radical (unpaired) electrons. The van der Waals surface area contributed by atoms with E-state index in [2.05, 4.69) is 27.8 Å². The molecule has 0 spiro atoms. The summed E-state index contributed by atoms with van der Waals surface area (Å²) >= 11 is 0. The maximum Gasteiger partial charge on any atom is 0.253 e. The number of nitrogens with one attached hydrogen (secondary N) is 2. The highest BCUT2D eigenvalue weighted by atomic mass is 35.5. The van der Waals surface area contributed by atoms with Crippen LogP contribution in [0.5, 0.6) is 0 Å². The molecule has 1 atom stereocenters. The summed E-state index contributed by atoms with van der Waals surface area (Å²) in [7, 11) is 0. The Morgan fingerprint density at radius 2 is 1.78 bits per heavy atom. The largest absolute Gasteiger partial charge is 0.350 e. The summed E-state index contributed by atoms with van der Waals surface area (Å²) in [5.74, 6) is 0.782. The summed E-state index contributed by atoms with van der Waals surface area (Å²) in [5.41, 5.74) is 2.89. The molecule has 2 aliphatic heterocycles. The van der Waals surface area contributed by atoms with Crippen LogP contribution in [-0.4, -0.2) is 47.9 Å². The van der Waals surface area contributed by atoms with Gasteiger partial charge in [0.25, 0.3) is 5.91 Å². The summed E-state index contributed by atoms with van der Waals surface area (Å²) in [6.07, 6.45) is 5.43. The first kappa shape index (κ1) is 26.1. The summed E-state index contributed by atoms with van der Waals surface area (Å²) in [5, 5.41) is 6.37. The SMILES string of the molecule is Cl.Cl.O=C(NCc1ccccn1)C1CCN(C(=O)c2ccc(CC3CCNC3)cc2)CC1. The van der Waals surface area contributed by atoms with Crippen LogP contribution in [0.3, 0.4) is 0 Å². The second-order valence-electron chi connectivity index (χ2n) is 8.37. The number of likely N-dealkylation sites (tertiary alicyclic amines) is 1. The van der Waals surface area contributed by atoms with Gasteiger partial charge in [-0.25, -0.2) is 0 Å². The van der Waals surface area contributed by atoms with Gasteiger partial charge in [0, 0.05) is 30.8 Å². The van der Waals surface area contributed by atoms with Crippen molar-refractivity contribution in [1.82, 2.24) is 20.5 Å². The number of nitrogens with zero attached hydrogens (tertiary/aromatic N) is 2. The molecule has 1 aromatic carbocycles. The highest BCUT2D eigenvalue weighted by Gasteiger charge is 2.27. The van der Waals surface area contributed by atoms with Crippen molar-refractivity contribution >= 4 is 36.6 Å². The third kappa shape index (κ3) is 6.92.